The molecule has 2 atom stereocenters. The van der Waals surface area contributed by atoms with E-state index < -0.39 is 0 Å². The number of amides is 1. The number of hydrogen-bond donors (Lipinski definition) is 3. The molecule has 4 heteroatoms. The highest BCUT2D eigenvalue weighted by atomic mass is 16.1. The normalized spacial score (nSPS) is 24.0. The highest BCUT2D eigenvalue weighted by Gasteiger charge is 2.26. The van der Waals surface area contributed by atoms with Crippen molar-refractivity contribution in [3.63, 3.8) is 0 Å². The van der Waals surface area contributed by atoms with Crippen LogP contribution in [0.15, 0.2) is 30.5 Å². The second-order valence-electron chi connectivity index (χ2n) is 5.58. The number of aromatic amines is 1. The molecule has 0 spiro atoms. The zero-order valence-electron chi connectivity index (χ0n) is 11.6. The lowest BCUT2D eigenvalue weighted by Crippen LogP contribution is -2.33. The Kier molecular flexibility index (Phi) is 4.02. The molecule has 1 amide bonds. The van der Waals surface area contributed by atoms with Gasteiger partial charge in [0, 0.05) is 34.9 Å². The van der Waals surface area contributed by atoms with Gasteiger partial charge in [0.05, 0.1) is 0 Å². The Bertz CT molecular complexity index is 564. The quantitative estimate of drug-likeness (QED) is 0.735. The summed E-state index contributed by atoms with van der Waals surface area (Å²) < 4.78 is 0. The van der Waals surface area contributed by atoms with Gasteiger partial charge in [-0.25, -0.2) is 0 Å². The fourth-order valence-corrected chi connectivity index (χ4v) is 3.24. The van der Waals surface area contributed by atoms with E-state index in [1.807, 2.05) is 30.5 Å². The number of carbonyl (C=O) groups excluding carboxylic acids is 1. The zero-order chi connectivity index (χ0) is 13.8. The maximum atomic E-state index is 10.2. The number of piperidine rings is 1. The molecule has 0 saturated carbocycles. The number of carbonyl (C=O) groups is 1. The van der Waals surface area contributed by atoms with E-state index in [1.165, 1.54) is 32.1 Å². The zero-order valence-corrected chi connectivity index (χ0v) is 11.6. The Balaban J connectivity index is 0.000000131. The van der Waals surface area contributed by atoms with E-state index in [-0.39, 0.29) is 0 Å². The maximum Gasteiger partial charge on any atom is 0.211 e. The third-order valence-corrected chi connectivity index (χ3v) is 4.25. The van der Waals surface area contributed by atoms with Crippen LogP contribution >= 0.6 is 0 Å². The fraction of sp³-hybridized carbons (Fsp3) is 0.438. The predicted molar refractivity (Wildman–Crippen MR) is 81.8 cm³/mol. The van der Waals surface area contributed by atoms with Gasteiger partial charge in [-0.1, -0.05) is 12.5 Å². The van der Waals surface area contributed by atoms with Crippen molar-refractivity contribution in [2.75, 3.05) is 5.32 Å². The van der Waals surface area contributed by atoms with Gasteiger partial charge in [0.2, 0.25) is 6.41 Å². The van der Waals surface area contributed by atoms with Crippen LogP contribution in [0, 0.1) is 0 Å². The Morgan fingerprint density at radius 2 is 1.90 bits per heavy atom. The molecule has 106 valence electrons. The summed E-state index contributed by atoms with van der Waals surface area (Å²) in [6.07, 6.45) is 9.78. The van der Waals surface area contributed by atoms with E-state index in [1.54, 1.807) is 0 Å². The minimum Gasteiger partial charge on any atom is -0.361 e. The highest BCUT2D eigenvalue weighted by molar-refractivity contribution is 5.95. The van der Waals surface area contributed by atoms with Gasteiger partial charge in [0.25, 0.3) is 0 Å². The van der Waals surface area contributed by atoms with Gasteiger partial charge < -0.3 is 15.6 Å². The van der Waals surface area contributed by atoms with E-state index in [0.29, 0.717) is 6.41 Å². The van der Waals surface area contributed by atoms with Gasteiger partial charge in [0.15, 0.2) is 0 Å². The number of hydrogen-bond acceptors (Lipinski definition) is 2. The number of aromatic nitrogens is 1. The summed E-state index contributed by atoms with van der Waals surface area (Å²) in [5, 5.41) is 7.26. The maximum absolute atomic E-state index is 10.2. The first-order valence-corrected chi connectivity index (χ1v) is 7.39. The summed E-state index contributed by atoms with van der Waals surface area (Å²) in [5.74, 6) is 0. The topological polar surface area (TPSA) is 56.9 Å². The summed E-state index contributed by atoms with van der Waals surface area (Å²) in [5.41, 5.74) is 1.87. The van der Waals surface area contributed by atoms with Crippen LogP contribution in [0.5, 0.6) is 0 Å². The number of benzene rings is 1. The van der Waals surface area contributed by atoms with Crippen molar-refractivity contribution in [3.05, 3.63) is 30.5 Å². The number of anilines is 1. The van der Waals surface area contributed by atoms with E-state index >= 15 is 0 Å². The molecular formula is C16H21N3O. The molecule has 3 heterocycles. The Labute approximate surface area is 118 Å². The minimum absolute atomic E-state index is 0.682. The van der Waals surface area contributed by atoms with Gasteiger partial charge in [0.1, 0.15) is 0 Å². The number of nitrogens with one attached hydrogen (secondary N) is 3. The Morgan fingerprint density at radius 3 is 2.60 bits per heavy atom. The van der Waals surface area contributed by atoms with Crippen LogP contribution in [0.4, 0.5) is 5.69 Å². The first-order valence-electron chi connectivity index (χ1n) is 7.39. The summed E-state index contributed by atoms with van der Waals surface area (Å²) in [4.78, 5) is 13.3. The van der Waals surface area contributed by atoms with E-state index in [0.717, 1.165) is 28.7 Å². The molecular weight excluding hydrogens is 250 g/mol. The third kappa shape index (κ3) is 2.85. The fourth-order valence-electron chi connectivity index (χ4n) is 3.24. The lowest BCUT2D eigenvalue weighted by atomic mass is 10.1. The molecule has 3 N–H and O–H groups in total. The molecule has 2 unspecified atom stereocenters. The van der Waals surface area contributed by atoms with Crippen molar-refractivity contribution in [2.45, 2.75) is 44.2 Å². The Morgan fingerprint density at radius 1 is 1.10 bits per heavy atom. The van der Waals surface area contributed by atoms with Crippen molar-refractivity contribution in [1.82, 2.24) is 10.3 Å². The van der Waals surface area contributed by atoms with Crippen molar-refractivity contribution in [3.8, 4) is 0 Å². The largest absolute Gasteiger partial charge is 0.361 e. The van der Waals surface area contributed by atoms with Crippen molar-refractivity contribution in [2.24, 2.45) is 0 Å². The Hall–Kier alpha value is -1.81. The molecule has 2 saturated heterocycles. The molecule has 2 fully saturated rings. The highest BCUT2D eigenvalue weighted by Crippen LogP contribution is 2.25. The van der Waals surface area contributed by atoms with Crippen LogP contribution < -0.4 is 10.6 Å². The minimum atomic E-state index is 0.682. The van der Waals surface area contributed by atoms with E-state index in [9.17, 15) is 4.79 Å². The number of fused-ring (bicyclic) bond motifs is 3. The number of rotatable bonds is 2. The van der Waals surface area contributed by atoms with Crippen molar-refractivity contribution < 1.29 is 4.79 Å². The molecule has 0 radical (unpaired) electrons. The van der Waals surface area contributed by atoms with Crippen LogP contribution in [0.2, 0.25) is 0 Å². The van der Waals surface area contributed by atoms with Gasteiger partial charge in [-0.15, -0.1) is 0 Å². The molecule has 1 aromatic carbocycles. The van der Waals surface area contributed by atoms with Gasteiger partial charge in [-0.2, -0.15) is 0 Å². The van der Waals surface area contributed by atoms with Crippen LogP contribution in [0.3, 0.4) is 0 Å². The van der Waals surface area contributed by atoms with Gasteiger partial charge in [-0.3, -0.25) is 4.79 Å². The SMILES string of the molecule is C1CC2CCC(C1)N2.O=CNc1cccc2[nH]ccc12. The second kappa shape index (κ2) is 6.09. The number of H-pyrrole nitrogens is 1. The summed E-state index contributed by atoms with van der Waals surface area (Å²) >= 11 is 0. The van der Waals surface area contributed by atoms with Gasteiger partial charge in [-0.05, 0) is 43.9 Å². The third-order valence-electron chi connectivity index (χ3n) is 4.25. The summed E-state index contributed by atoms with van der Waals surface area (Å²) in [6.45, 7) is 0. The van der Waals surface area contributed by atoms with E-state index in [4.69, 9.17) is 0 Å². The lowest BCUT2D eigenvalue weighted by Gasteiger charge is -2.19. The van der Waals surface area contributed by atoms with Crippen LogP contribution in [-0.4, -0.2) is 23.5 Å². The van der Waals surface area contributed by atoms with Crippen molar-refractivity contribution >= 4 is 23.0 Å². The molecule has 0 aliphatic carbocycles. The summed E-state index contributed by atoms with van der Waals surface area (Å²) in [7, 11) is 0. The molecule has 2 aliphatic rings. The molecule has 1 aromatic heterocycles. The van der Waals surface area contributed by atoms with Crippen molar-refractivity contribution in [1.29, 1.82) is 0 Å². The van der Waals surface area contributed by atoms with Crippen LogP contribution in [0.1, 0.15) is 32.1 Å². The van der Waals surface area contributed by atoms with E-state index in [2.05, 4.69) is 15.6 Å². The smallest absolute Gasteiger partial charge is 0.211 e. The second-order valence-corrected chi connectivity index (χ2v) is 5.58. The molecule has 4 rings (SSSR count). The molecule has 2 bridgehead atoms. The summed E-state index contributed by atoms with van der Waals surface area (Å²) in [6, 6.07) is 9.48. The standard InChI is InChI=1S/C9H8N2O.C7H13N/c12-6-11-9-3-1-2-8-7(9)4-5-10-8;1-2-6-4-5-7(3-1)8-6/h1-6,10H,(H,11,12);6-8H,1-5H2. The monoisotopic (exact) mass is 271 g/mol. The van der Waals surface area contributed by atoms with Crippen LogP contribution in [-0.2, 0) is 4.79 Å². The van der Waals surface area contributed by atoms with Gasteiger partial charge >= 0.3 is 0 Å². The first-order chi connectivity index (χ1) is 9.86. The molecule has 20 heavy (non-hydrogen) atoms. The average Bonchev–Trinajstić information content (AvgIpc) is 3.07. The molecule has 2 aliphatic heterocycles. The predicted octanol–water partition coefficient (Wildman–Crippen LogP) is 3.03. The average molecular weight is 271 g/mol. The van der Waals surface area contributed by atoms with Crippen LogP contribution in [0.25, 0.3) is 10.9 Å². The molecule has 2 aromatic rings. The molecule has 4 nitrogen and oxygen atoms in total. The lowest BCUT2D eigenvalue weighted by molar-refractivity contribution is -0.105. The first kappa shape index (κ1) is 13.2.